The van der Waals surface area contributed by atoms with Gasteiger partial charge in [-0.15, -0.1) is 0 Å². The molecule has 0 bridgehead atoms. The van der Waals surface area contributed by atoms with E-state index in [9.17, 15) is 64.3 Å². The smallest absolute Gasteiger partial charge is 0.386 e. The minimum absolute atomic E-state index is 0.0548. The largest absolute Gasteiger partial charge is 0.470 e. The number of aliphatic hydroxyl groups excluding tert-OH is 1. The Morgan fingerprint density at radius 3 is 1.99 bits per heavy atom. The van der Waals surface area contributed by atoms with Crippen LogP contribution in [0.3, 0.4) is 0 Å². The number of hydrogen-bond donors (Lipinski definition) is 10. The van der Waals surface area contributed by atoms with Gasteiger partial charge in [0.25, 0.3) is 20.2 Å². The Bertz CT molecular complexity index is 3440. The van der Waals surface area contributed by atoms with E-state index in [4.69, 9.17) is 39.2 Å². The summed E-state index contributed by atoms with van der Waals surface area (Å²) in [5.41, 5.74) is 8.82. The molecule has 0 radical (unpaired) electrons. The number of aryl methyl sites for hydroxylation is 1. The Labute approximate surface area is 510 Å². The third kappa shape index (κ3) is 19.9. The van der Waals surface area contributed by atoms with Crippen LogP contribution in [-0.4, -0.2) is 186 Å². The second-order valence-corrected chi connectivity index (χ2v) is 27.1. The number of ether oxygens (including phenoxy) is 5. The number of fused-ring (bicyclic) bond motifs is 2. The number of aliphatic hydroxyl groups is 1. The molecule has 3 aliphatic heterocycles. The summed E-state index contributed by atoms with van der Waals surface area (Å²) in [4.78, 5) is 79.9. The lowest BCUT2D eigenvalue weighted by molar-refractivity contribution is -0.438. The lowest BCUT2D eigenvalue weighted by atomic mass is 9.81. The van der Waals surface area contributed by atoms with E-state index in [1.54, 1.807) is 12.1 Å². The maximum absolute atomic E-state index is 12.7. The van der Waals surface area contributed by atoms with Crippen molar-refractivity contribution in [3.63, 3.8) is 0 Å². The van der Waals surface area contributed by atoms with Gasteiger partial charge in [0.05, 0.1) is 74.7 Å². The maximum atomic E-state index is 12.7. The molecule has 1 saturated heterocycles. The summed E-state index contributed by atoms with van der Waals surface area (Å²) >= 11 is 0. The fraction of sp³-hybridized carbons (Fsp3) is 0.574. The third-order valence-corrected chi connectivity index (χ3v) is 17.5. The number of amides is 2. The van der Waals surface area contributed by atoms with Crippen molar-refractivity contribution in [2.24, 2.45) is 0 Å². The molecule has 490 valence electrons. The number of benzene rings is 2. The van der Waals surface area contributed by atoms with Crippen LogP contribution in [0.4, 0.5) is 17.2 Å². The highest BCUT2D eigenvalue weighted by molar-refractivity contribution is 7.86. The number of nitrogen functional groups attached to an aromatic ring is 1. The Morgan fingerprint density at radius 1 is 0.784 bits per heavy atom. The minimum atomic E-state index is -5.27. The second-order valence-electron chi connectivity index (χ2n) is 21.8. The van der Waals surface area contributed by atoms with Gasteiger partial charge in [0.15, 0.2) is 11.9 Å². The molecule has 11 N–H and O–H groups in total. The highest BCUT2D eigenvalue weighted by Gasteiger charge is 2.50. The number of nitrogens with zero attached hydrogens (tertiary/aromatic N) is 4. The van der Waals surface area contributed by atoms with Gasteiger partial charge in [-0.2, -0.15) is 26.4 Å². The van der Waals surface area contributed by atoms with Crippen LogP contribution in [0, 0.1) is 0 Å². The number of unbranched alkanes of at least 4 members (excludes halogenated alkanes) is 2. The molecule has 0 aliphatic carbocycles. The van der Waals surface area contributed by atoms with Gasteiger partial charge < -0.3 is 69.6 Å². The first kappa shape index (κ1) is 71.9. The number of nitrogens with one attached hydrogen (secondary N) is 2. The van der Waals surface area contributed by atoms with Gasteiger partial charge in [0.1, 0.15) is 30.7 Å². The van der Waals surface area contributed by atoms with Crippen LogP contribution in [0.2, 0.25) is 0 Å². The number of nitrogens with two attached hydrogens (primary N) is 1. The molecule has 1 unspecified atom stereocenters. The van der Waals surface area contributed by atoms with Crippen LogP contribution in [-0.2, 0) is 88.9 Å². The zero-order valence-electron chi connectivity index (χ0n) is 49.5. The minimum Gasteiger partial charge on any atom is -0.386 e. The zero-order valence-corrected chi connectivity index (χ0v) is 52.9. The summed E-state index contributed by atoms with van der Waals surface area (Å²) < 4.78 is 130. The number of allylic oxidation sites excluding steroid dienone is 4. The Kier molecular flexibility index (Phi) is 25.5. The topological polar surface area (TPSA) is 434 Å². The Morgan fingerprint density at radius 2 is 1.38 bits per heavy atom. The predicted molar refractivity (Wildman–Crippen MR) is 317 cm³/mol. The molecule has 4 heterocycles. The van der Waals surface area contributed by atoms with Gasteiger partial charge in [-0.3, -0.25) is 32.3 Å². The van der Waals surface area contributed by atoms with Crippen molar-refractivity contribution < 1.29 is 107 Å². The lowest BCUT2D eigenvalue weighted by Gasteiger charge is -2.25. The van der Waals surface area contributed by atoms with Gasteiger partial charge in [0.2, 0.25) is 17.5 Å². The molecule has 6 rings (SSSR count). The molecule has 1 aromatic heterocycles. The third-order valence-electron chi connectivity index (χ3n) is 14.8. The van der Waals surface area contributed by atoms with Crippen LogP contribution >= 0.6 is 15.6 Å². The Balaban J connectivity index is 0.812. The number of phosphoric acid groups is 2. The summed E-state index contributed by atoms with van der Waals surface area (Å²) in [7, 11) is -19.2. The SMILES string of the molecule is CCN1/C(=C/C=C/C2=[N+](CCCCCC(=O)NCCOCCOCCOCCOCCC(=O)NCCCc3cn([C@@H]4O[C@H](COP(=O)(O)O)[C@H](OP(=O)(O)O)C4O)c(=O)nc3N)c3ccc(S(=O)(=O)O)cc3C2(C)C)C(C)(C)c2cc(S(=O)(=O)O)ccc21. The molecule has 4 atom stereocenters. The zero-order chi connectivity index (χ0) is 64.8. The van der Waals surface area contributed by atoms with Crippen LogP contribution in [0.5, 0.6) is 0 Å². The van der Waals surface area contributed by atoms with E-state index >= 15 is 0 Å². The van der Waals surface area contributed by atoms with E-state index < -0.39 is 83.5 Å². The molecule has 1 fully saturated rings. The van der Waals surface area contributed by atoms with Crippen molar-refractivity contribution >= 4 is 70.6 Å². The normalized spacial score (nSPS) is 19.7. The van der Waals surface area contributed by atoms with E-state index in [0.29, 0.717) is 71.7 Å². The number of aromatic nitrogens is 2. The quantitative estimate of drug-likeness (QED) is 0.0173. The summed E-state index contributed by atoms with van der Waals surface area (Å²) in [5, 5.41) is 16.4. The van der Waals surface area contributed by atoms with Crippen molar-refractivity contribution in [1.82, 2.24) is 20.2 Å². The molecule has 0 saturated carbocycles. The van der Waals surface area contributed by atoms with Gasteiger partial charge in [-0.05, 0) is 88.4 Å². The molecule has 0 spiro atoms. The fourth-order valence-electron chi connectivity index (χ4n) is 10.5. The first-order valence-corrected chi connectivity index (χ1v) is 34.2. The number of carbonyl (C=O) groups excluding carboxylic acids is 2. The van der Waals surface area contributed by atoms with Crippen molar-refractivity contribution in [3.8, 4) is 0 Å². The Hall–Kier alpha value is -5.19. The second kappa shape index (κ2) is 31.2. The van der Waals surface area contributed by atoms with Crippen LogP contribution in [0.25, 0.3) is 0 Å². The van der Waals surface area contributed by atoms with Crippen molar-refractivity contribution in [3.05, 3.63) is 93.7 Å². The highest BCUT2D eigenvalue weighted by Crippen LogP contribution is 2.49. The molecule has 2 amide bonds. The van der Waals surface area contributed by atoms with Crippen molar-refractivity contribution in [2.75, 3.05) is 96.3 Å². The van der Waals surface area contributed by atoms with E-state index in [2.05, 4.69) is 34.1 Å². The molecule has 3 aromatic rings. The molecule has 2 aromatic carbocycles. The number of rotatable bonds is 36. The van der Waals surface area contributed by atoms with Crippen LogP contribution in [0.15, 0.2) is 81.1 Å². The number of hydrogen-bond acceptors (Lipinski definition) is 20. The monoisotopic (exact) mass is 1320 g/mol. The predicted octanol–water partition coefficient (Wildman–Crippen LogP) is 2.68. The first-order chi connectivity index (χ1) is 41.2. The average Bonchev–Trinajstić information content (AvgIpc) is 1.61. The van der Waals surface area contributed by atoms with E-state index in [-0.39, 0.29) is 78.8 Å². The molecular weight excluding hydrogens is 1240 g/mol. The molecule has 88 heavy (non-hydrogen) atoms. The highest BCUT2D eigenvalue weighted by atomic mass is 32.2. The van der Waals surface area contributed by atoms with Gasteiger partial charge in [-0.25, -0.2) is 13.9 Å². The van der Waals surface area contributed by atoms with E-state index in [1.807, 2.05) is 52.8 Å². The summed E-state index contributed by atoms with van der Waals surface area (Å²) in [6.07, 6.45) is 2.89. The summed E-state index contributed by atoms with van der Waals surface area (Å²) in [6, 6.07) is 9.16. The van der Waals surface area contributed by atoms with E-state index in [1.165, 1.54) is 30.5 Å². The van der Waals surface area contributed by atoms with Crippen LogP contribution < -0.4 is 27.0 Å². The standard InChI is InChI=1S/C54H79N7O23P2S2/c1-6-59-41-18-16-37(87(72,73)74)32-39(41)53(2,3)44(59)13-10-14-45-54(4,5)40-33-38(88(75,76)77)17-19-42(40)60(45)23-9-7-8-15-46(62)57-22-25-79-27-29-81-31-30-80-28-26-78-24-20-47(63)56-21-11-12-36-34-61(52(65)58-50(36)55)51-48(64)49(84-86(69,70)71)43(83-51)35-82-85(66,67)68/h10,13-14,16-19,32-34,43,48-49,51,64H,6-9,11-12,15,20-31,35H2,1-5H3,(H9-,55,56,57,58,62,63,65,66,67,68,69,70,71,72,73,74,75,76,77)/p+1/t43-,48?,49+,51-/m1/s1. The molecule has 34 heteroatoms. The molecule has 3 aliphatic rings. The van der Waals surface area contributed by atoms with Gasteiger partial charge >= 0.3 is 21.3 Å². The number of phosphoric ester groups is 2. The number of likely N-dealkylation sites (N-methyl/N-ethyl adjacent to an activating group) is 1. The van der Waals surface area contributed by atoms with Gasteiger partial charge in [0, 0.05) is 85.2 Å². The summed E-state index contributed by atoms with van der Waals surface area (Å²) in [6.45, 7) is 12.7. The van der Waals surface area contributed by atoms with Crippen molar-refractivity contribution in [2.45, 2.75) is 125 Å². The van der Waals surface area contributed by atoms with Crippen LogP contribution in [0.1, 0.15) is 96.1 Å². The molecule has 30 nitrogen and oxygen atoms in total. The first-order valence-electron chi connectivity index (χ1n) is 28.3. The number of carbonyl (C=O) groups is 2. The lowest BCUT2D eigenvalue weighted by Crippen LogP contribution is -2.38. The fourth-order valence-corrected chi connectivity index (χ4v) is 12.4. The van der Waals surface area contributed by atoms with Crippen molar-refractivity contribution in [1.29, 1.82) is 0 Å². The van der Waals surface area contributed by atoms with Gasteiger partial charge in [-0.1, -0.05) is 19.9 Å². The average molecular weight is 1320 g/mol. The number of anilines is 2. The molecular formula is C54H80N7O23P2S2+. The van der Waals surface area contributed by atoms with E-state index in [0.717, 1.165) is 44.9 Å². The maximum Gasteiger partial charge on any atom is 0.470 e. The summed E-state index contributed by atoms with van der Waals surface area (Å²) in [5.74, 6) is -0.581.